The Kier molecular flexibility index (Phi) is 9.17. The first-order chi connectivity index (χ1) is 14.8. The predicted octanol–water partition coefficient (Wildman–Crippen LogP) is 2.85. The zero-order valence-electron chi connectivity index (χ0n) is 19.1. The minimum Gasteiger partial charge on any atom is -0.497 e. The fraction of sp³-hybridized carbons (Fsp3) is 0.500. The number of ether oxygens (including phenoxy) is 2. The summed E-state index contributed by atoms with van der Waals surface area (Å²) >= 11 is 0. The molecule has 2 aromatic rings. The summed E-state index contributed by atoms with van der Waals surface area (Å²) < 4.78 is 12.2. The molecule has 9 nitrogen and oxygen atoms in total. The highest BCUT2D eigenvalue weighted by Gasteiger charge is 2.15. The number of amides is 1. The van der Waals surface area contributed by atoms with Crippen LogP contribution in [0.1, 0.15) is 39.8 Å². The Hall–Kier alpha value is -3.23. The first-order valence-electron chi connectivity index (χ1n) is 10.5. The Morgan fingerprint density at radius 2 is 1.81 bits per heavy atom. The number of carbonyl (C=O) groups is 1. The molecule has 1 aromatic heterocycles. The molecule has 0 aliphatic heterocycles. The first kappa shape index (κ1) is 24.0. The molecule has 170 valence electrons. The van der Waals surface area contributed by atoms with Crippen molar-refractivity contribution in [3.63, 3.8) is 0 Å². The molecule has 0 saturated heterocycles. The van der Waals surface area contributed by atoms with Gasteiger partial charge in [0.25, 0.3) is 0 Å². The van der Waals surface area contributed by atoms with E-state index in [1.165, 1.54) is 0 Å². The molecule has 0 unspecified atom stereocenters. The summed E-state index contributed by atoms with van der Waals surface area (Å²) in [6.45, 7) is 9.93. The van der Waals surface area contributed by atoms with E-state index in [0.29, 0.717) is 25.6 Å². The van der Waals surface area contributed by atoms with E-state index < -0.39 is 11.7 Å². The highest BCUT2D eigenvalue weighted by Crippen LogP contribution is 2.14. The molecule has 3 N–H and O–H groups in total. The van der Waals surface area contributed by atoms with Gasteiger partial charge in [-0.3, -0.25) is 0 Å². The maximum absolute atomic E-state index is 11.6. The van der Waals surface area contributed by atoms with Crippen LogP contribution >= 0.6 is 0 Å². The number of hydrogen-bond donors (Lipinski definition) is 3. The molecule has 31 heavy (non-hydrogen) atoms. The highest BCUT2D eigenvalue weighted by atomic mass is 16.6. The molecule has 2 rings (SSSR count). The van der Waals surface area contributed by atoms with E-state index in [4.69, 9.17) is 9.47 Å². The standard InChI is InChI=1S/C22H34N6O3/c1-6-23-20(24-13-7-14-25-21(29)31-22(2,3)4)26-16-17-12-15-28(27-17)18-8-10-19(30-5)11-9-18/h8-12,15H,6-7,13-14,16H2,1-5H3,(H,25,29)(H2,23,24,26). The molecule has 1 heterocycles. The fourth-order valence-corrected chi connectivity index (χ4v) is 2.63. The molecule has 1 amide bonds. The van der Waals surface area contributed by atoms with Gasteiger partial charge in [0.15, 0.2) is 5.96 Å². The van der Waals surface area contributed by atoms with E-state index in [0.717, 1.165) is 30.1 Å². The van der Waals surface area contributed by atoms with Gasteiger partial charge in [-0.05, 0) is 64.4 Å². The van der Waals surface area contributed by atoms with Gasteiger partial charge in [-0.1, -0.05) is 0 Å². The van der Waals surface area contributed by atoms with Crippen LogP contribution in [0.25, 0.3) is 5.69 Å². The van der Waals surface area contributed by atoms with Gasteiger partial charge in [-0.25, -0.2) is 14.5 Å². The Labute approximate surface area is 184 Å². The van der Waals surface area contributed by atoms with E-state index in [1.807, 2.05) is 68.9 Å². The molecular formula is C22H34N6O3. The summed E-state index contributed by atoms with van der Waals surface area (Å²) in [7, 11) is 1.65. The van der Waals surface area contributed by atoms with Crippen molar-refractivity contribution in [2.24, 2.45) is 4.99 Å². The van der Waals surface area contributed by atoms with Crippen molar-refractivity contribution in [1.29, 1.82) is 0 Å². The lowest BCUT2D eigenvalue weighted by atomic mass is 10.2. The van der Waals surface area contributed by atoms with Crippen molar-refractivity contribution < 1.29 is 14.3 Å². The van der Waals surface area contributed by atoms with Crippen LogP contribution in [0.2, 0.25) is 0 Å². The number of alkyl carbamates (subject to hydrolysis) is 1. The number of carbonyl (C=O) groups excluding carboxylic acids is 1. The largest absolute Gasteiger partial charge is 0.497 e. The molecule has 0 saturated carbocycles. The lowest BCUT2D eigenvalue weighted by Gasteiger charge is -2.19. The SMILES string of the molecule is CCNC(=NCc1ccn(-c2ccc(OC)cc2)n1)NCCCNC(=O)OC(C)(C)C. The number of guanidine groups is 1. The number of methoxy groups -OCH3 is 1. The third kappa shape index (κ3) is 8.98. The van der Waals surface area contributed by atoms with Gasteiger partial charge in [-0.15, -0.1) is 0 Å². The first-order valence-corrected chi connectivity index (χ1v) is 10.5. The molecule has 0 fully saturated rings. The molecule has 0 atom stereocenters. The van der Waals surface area contributed by atoms with Gasteiger partial charge in [0, 0.05) is 25.8 Å². The van der Waals surface area contributed by atoms with Crippen molar-refractivity contribution in [2.45, 2.75) is 46.3 Å². The summed E-state index contributed by atoms with van der Waals surface area (Å²) in [6, 6.07) is 9.66. The number of aliphatic imine (C=N–C) groups is 1. The molecule has 0 bridgehead atoms. The smallest absolute Gasteiger partial charge is 0.407 e. The van der Waals surface area contributed by atoms with Gasteiger partial charge in [0.2, 0.25) is 0 Å². The lowest BCUT2D eigenvalue weighted by molar-refractivity contribution is 0.0527. The van der Waals surface area contributed by atoms with Crippen LogP contribution in [0, 0.1) is 0 Å². The fourth-order valence-electron chi connectivity index (χ4n) is 2.63. The Morgan fingerprint density at radius 1 is 1.10 bits per heavy atom. The zero-order chi connectivity index (χ0) is 22.7. The number of nitrogens with zero attached hydrogens (tertiary/aromatic N) is 3. The third-order valence-corrected chi connectivity index (χ3v) is 4.04. The predicted molar refractivity (Wildman–Crippen MR) is 122 cm³/mol. The topological polar surface area (TPSA) is 102 Å². The molecule has 9 heteroatoms. The van der Waals surface area contributed by atoms with E-state index >= 15 is 0 Å². The average molecular weight is 431 g/mol. The van der Waals surface area contributed by atoms with Crippen LogP contribution in [0.4, 0.5) is 4.79 Å². The van der Waals surface area contributed by atoms with E-state index in [1.54, 1.807) is 7.11 Å². The Bertz CT molecular complexity index is 840. The third-order valence-electron chi connectivity index (χ3n) is 4.04. The summed E-state index contributed by atoms with van der Waals surface area (Å²) in [5, 5.41) is 13.8. The van der Waals surface area contributed by atoms with Gasteiger partial charge in [-0.2, -0.15) is 5.10 Å². The second kappa shape index (κ2) is 11.8. The normalized spacial score (nSPS) is 11.7. The molecule has 0 aliphatic carbocycles. The van der Waals surface area contributed by atoms with Crippen LogP contribution in [-0.2, 0) is 11.3 Å². The summed E-state index contributed by atoms with van der Waals surface area (Å²) in [5.74, 6) is 1.52. The van der Waals surface area contributed by atoms with Crippen LogP contribution in [0.3, 0.4) is 0 Å². The molecule has 0 aliphatic rings. The number of benzene rings is 1. The monoisotopic (exact) mass is 430 g/mol. The van der Waals surface area contributed by atoms with Crippen molar-refractivity contribution in [2.75, 3.05) is 26.7 Å². The second-order valence-electron chi connectivity index (χ2n) is 7.85. The average Bonchev–Trinajstić information content (AvgIpc) is 3.19. The Balaban J connectivity index is 1.80. The van der Waals surface area contributed by atoms with Crippen LogP contribution < -0.4 is 20.7 Å². The second-order valence-corrected chi connectivity index (χ2v) is 7.85. The van der Waals surface area contributed by atoms with Crippen molar-refractivity contribution in [3.05, 3.63) is 42.2 Å². The van der Waals surface area contributed by atoms with Crippen LogP contribution in [0.15, 0.2) is 41.5 Å². The van der Waals surface area contributed by atoms with Crippen molar-refractivity contribution in [1.82, 2.24) is 25.7 Å². The van der Waals surface area contributed by atoms with E-state index in [-0.39, 0.29) is 0 Å². The van der Waals surface area contributed by atoms with Crippen LogP contribution in [-0.4, -0.2) is 54.2 Å². The number of aromatic nitrogens is 2. The number of nitrogens with one attached hydrogen (secondary N) is 3. The highest BCUT2D eigenvalue weighted by molar-refractivity contribution is 5.79. The maximum atomic E-state index is 11.6. The van der Waals surface area contributed by atoms with Gasteiger partial charge < -0.3 is 25.4 Å². The van der Waals surface area contributed by atoms with E-state index in [2.05, 4.69) is 26.0 Å². The Morgan fingerprint density at radius 3 is 2.45 bits per heavy atom. The molecule has 0 radical (unpaired) electrons. The van der Waals surface area contributed by atoms with Crippen molar-refractivity contribution in [3.8, 4) is 11.4 Å². The summed E-state index contributed by atoms with van der Waals surface area (Å²) in [5.41, 5.74) is 1.33. The molecular weight excluding hydrogens is 396 g/mol. The van der Waals surface area contributed by atoms with Crippen molar-refractivity contribution >= 4 is 12.1 Å². The minimum absolute atomic E-state index is 0.402. The van der Waals surface area contributed by atoms with Crippen LogP contribution in [0.5, 0.6) is 5.75 Å². The zero-order valence-corrected chi connectivity index (χ0v) is 19.1. The maximum Gasteiger partial charge on any atom is 0.407 e. The van der Waals surface area contributed by atoms with E-state index in [9.17, 15) is 4.79 Å². The minimum atomic E-state index is -0.492. The molecule has 1 aromatic carbocycles. The quantitative estimate of drug-likeness (QED) is 0.321. The molecule has 0 spiro atoms. The summed E-state index contributed by atoms with van der Waals surface area (Å²) in [6.07, 6.45) is 2.26. The van der Waals surface area contributed by atoms with Gasteiger partial charge >= 0.3 is 6.09 Å². The van der Waals surface area contributed by atoms with Gasteiger partial charge in [0.1, 0.15) is 11.4 Å². The van der Waals surface area contributed by atoms with Gasteiger partial charge in [0.05, 0.1) is 25.0 Å². The summed E-state index contributed by atoms with van der Waals surface area (Å²) in [4.78, 5) is 16.2. The lowest BCUT2D eigenvalue weighted by Crippen LogP contribution is -2.39. The number of hydrogen-bond acceptors (Lipinski definition) is 5. The number of rotatable bonds is 9.